The Hall–Kier alpha value is -2.78. The van der Waals surface area contributed by atoms with Crippen LogP contribution in [0.5, 0.6) is 0 Å². The van der Waals surface area contributed by atoms with Crippen LogP contribution in [0.15, 0.2) is 71.6 Å². The molecule has 0 fully saturated rings. The Morgan fingerprint density at radius 3 is 2.10 bits per heavy atom. The van der Waals surface area contributed by atoms with Crippen molar-refractivity contribution in [1.82, 2.24) is 10.2 Å². The Bertz CT molecular complexity index is 1490. The van der Waals surface area contributed by atoms with Crippen molar-refractivity contribution in [2.75, 3.05) is 10.8 Å². The molecule has 0 heterocycles. The molecule has 1 N–H and O–H groups in total. The lowest BCUT2D eigenvalue weighted by Gasteiger charge is -2.33. The Labute approximate surface area is 251 Å². The van der Waals surface area contributed by atoms with E-state index in [9.17, 15) is 18.0 Å². The van der Waals surface area contributed by atoms with Gasteiger partial charge in [0, 0.05) is 12.1 Å². The molecule has 3 aromatic rings. The molecule has 7 nitrogen and oxygen atoms in total. The topological polar surface area (TPSA) is 86.8 Å². The van der Waals surface area contributed by atoms with Gasteiger partial charge in [0.1, 0.15) is 12.6 Å². The largest absolute Gasteiger partial charge is 0.350 e. The number of anilines is 1. The van der Waals surface area contributed by atoms with Crippen LogP contribution in [0, 0.1) is 6.92 Å². The standard InChI is InChI=1S/C29H32Cl3N3O4S/c1-19-10-13-22(14-11-19)40(38,39)35(26-9-7-6-8-24(26)31)18-27(36)34(20(2)28(37)33-29(3,4)5)17-21-12-15-23(30)25(32)16-21/h6-16,20H,17-18H2,1-5H3,(H,33,37). The van der Waals surface area contributed by atoms with E-state index in [1.165, 1.54) is 23.1 Å². The van der Waals surface area contributed by atoms with E-state index in [2.05, 4.69) is 5.32 Å². The first-order valence-electron chi connectivity index (χ1n) is 12.5. The fourth-order valence-corrected chi connectivity index (χ4v) is 5.94. The van der Waals surface area contributed by atoms with Gasteiger partial charge in [-0.05, 0) is 76.6 Å². The molecule has 0 saturated heterocycles. The highest BCUT2D eigenvalue weighted by Crippen LogP contribution is 2.31. The molecule has 40 heavy (non-hydrogen) atoms. The Morgan fingerprint density at radius 1 is 0.900 bits per heavy atom. The van der Waals surface area contributed by atoms with Crippen LogP contribution in [0.1, 0.15) is 38.8 Å². The predicted molar refractivity (Wildman–Crippen MR) is 162 cm³/mol. The molecule has 0 aromatic heterocycles. The number of halogens is 3. The number of nitrogens with zero attached hydrogens (tertiary/aromatic N) is 2. The van der Waals surface area contributed by atoms with Gasteiger partial charge in [-0.3, -0.25) is 13.9 Å². The number of carbonyl (C=O) groups excluding carboxylic acids is 2. The van der Waals surface area contributed by atoms with Crippen LogP contribution in [0.3, 0.4) is 0 Å². The van der Waals surface area contributed by atoms with Gasteiger partial charge in [-0.25, -0.2) is 8.42 Å². The van der Waals surface area contributed by atoms with E-state index in [1.807, 2.05) is 27.7 Å². The predicted octanol–water partition coefficient (Wildman–Crippen LogP) is 6.48. The number of amides is 2. The average molecular weight is 625 g/mol. The van der Waals surface area contributed by atoms with Crippen molar-refractivity contribution in [3.63, 3.8) is 0 Å². The van der Waals surface area contributed by atoms with Gasteiger partial charge >= 0.3 is 0 Å². The van der Waals surface area contributed by atoms with Crippen LogP contribution < -0.4 is 9.62 Å². The first kappa shape index (κ1) is 31.7. The molecule has 0 bridgehead atoms. The molecule has 1 atom stereocenters. The zero-order valence-electron chi connectivity index (χ0n) is 22.9. The van der Waals surface area contributed by atoms with Crippen LogP contribution in [-0.2, 0) is 26.2 Å². The molecule has 0 saturated carbocycles. The van der Waals surface area contributed by atoms with Gasteiger partial charge in [0.25, 0.3) is 10.0 Å². The second-order valence-corrected chi connectivity index (χ2v) is 13.5. The SMILES string of the molecule is Cc1ccc(S(=O)(=O)N(CC(=O)N(Cc2ccc(Cl)c(Cl)c2)C(C)C(=O)NC(C)(C)C)c2ccccc2Cl)cc1. The lowest BCUT2D eigenvalue weighted by atomic mass is 10.1. The van der Waals surface area contributed by atoms with E-state index in [0.717, 1.165) is 9.87 Å². The summed E-state index contributed by atoms with van der Waals surface area (Å²) in [5, 5.41) is 3.67. The number of para-hydroxylation sites is 1. The molecule has 11 heteroatoms. The third-order valence-electron chi connectivity index (χ3n) is 6.01. The molecule has 0 aliphatic heterocycles. The lowest BCUT2D eigenvalue weighted by molar-refractivity contribution is -0.140. The number of carbonyl (C=O) groups is 2. The number of sulfonamides is 1. The highest BCUT2D eigenvalue weighted by atomic mass is 35.5. The van der Waals surface area contributed by atoms with Crippen molar-refractivity contribution in [2.45, 2.75) is 57.6 Å². The molecular formula is C29H32Cl3N3O4S. The van der Waals surface area contributed by atoms with Crippen molar-refractivity contribution < 1.29 is 18.0 Å². The fourth-order valence-electron chi connectivity index (χ4n) is 3.90. The van der Waals surface area contributed by atoms with E-state index < -0.39 is 40.0 Å². The van der Waals surface area contributed by atoms with E-state index >= 15 is 0 Å². The number of rotatable bonds is 9. The lowest BCUT2D eigenvalue weighted by Crippen LogP contribution is -2.54. The molecule has 3 aromatic carbocycles. The summed E-state index contributed by atoms with van der Waals surface area (Å²) in [5.41, 5.74) is 1.08. The third kappa shape index (κ3) is 7.91. The molecule has 3 rings (SSSR count). The Morgan fingerprint density at radius 2 is 1.52 bits per heavy atom. The van der Waals surface area contributed by atoms with Crippen molar-refractivity contribution in [1.29, 1.82) is 0 Å². The maximum atomic E-state index is 14.0. The first-order valence-corrected chi connectivity index (χ1v) is 15.1. The number of benzene rings is 3. The normalized spacial score (nSPS) is 12.5. The minimum Gasteiger partial charge on any atom is -0.350 e. The summed E-state index contributed by atoms with van der Waals surface area (Å²) in [6.45, 7) is 8.30. The summed E-state index contributed by atoms with van der Waals surface area (Å²) >= 11 is 18.7. The average Bonchev–Trinajstić information content (AvgIpc) is 2.87. The molecule has 0 aliphatic rings. The number of hydrogen-bond acceptors (Lipinski definition) is 4. The van der Waals surface area contributed by atoms with Gasteiger partial charge in [-0.15, -0.1) is 0 Å². The van der Waals surface area contributed by atoms with E-state index in [4.69, 9.17) is 34.8 Å². The van der Waals surface area contributed by atoms with Crippen molar-refractivity contribution in [3.05, 3.63) is 92.9 Å². The summed E-state index contributed by atoms with van der Waals surface area (Å²) in [5.74, 6) is -1.01. The van der Waals surface area contributed by atoms with E-state index in [-0.39, 0.29) is 27.2 Å². The monoisotopic (exact) mass is 623 g/mol. The van der Waals surface area contributed by atoms with Gasteiger partial charge in [-0.1, -0.05) is 70.7 Å². The summed E-state index contributed by atoms with van der Waals surface area (Å²) in [7, 11) is -4.22. The molecule has 0 spiro atoms. The van der Waals surface area contributed by atoms with Gasteiger partial charge < -0.3 is 10.2 Å². The van der Waals surface area contributed by atoms with E-state index in [0.29, 0.717) is 10.6 Å². The van der Waals surface area contributed by atoms with E-state index in [1.54, 1.807) is 55.5 Å². The van der Waals surface area contributed by atoms with Gasteiger partial charge in [0.15, 0.2) is 0 Å². The second-order valence-electron chi connectivity index (χ2n) is 10.5. The van der Waals surface area contributed by atoms with Crippen molar-refractivity contribution >= 4 is 62.3 Å². The molecule has 0 aliphatic carbocycles. The molecule has 214 valence electrons. The van der Waals surface area contributed by atoms with Crippen LogP contribution >= 0.6 is 34.8 Å². The summed E-state index contributed by atoms with van der Waals surface area (Å²) in [4.78, 5) is 28.5. The second kappa shape index (κ2) is 12.8. The first-order chi connectivity index (χ1) is 18.6. The zero-order valence-corrected chi connectivity index (χ0v) is 26.0. The minimum atomic E-state index is -4.22. The quantitative estimate of drug-likeness (QED) is 0.295. The summed E-state index contributed by atoms with van der Waals surface area (Å²) in [6.07, 6.45) is 0. The molecular weight excluding hydrogens is 593 g/mol. The number of hydrogen-bond donors (Lipinski definition) is 1. The number of nitrogens with one attached hydrogen (secondary N) is 1. The van der Waals surface area contributed by atoms with Crippen LogP contribution in [0.4, 0.5) is 5.69 Å². The van der Waals surface area contributed by atoms with Gasteiger partial charge in [0.2, 0.25) is 11.8 Å². The van der Waals surface area contributed by atoms with Gasteiger partial charge in [0.05, 0.1) is 25.7 Å². The maximum Gasteiger partial charge on any atom is 0.264 e. The van der Waals surface area contributed by atoms with Crippen LogP contribution in [0.2, 0.25) is 15.1 Å². The van der Waals surface area contributed by atoms with Crippen LogP contribution in [0.25, 0.3) is 0 Å². The van der Waals surface area contributed by atoms with Crippen molar-refractivity contribution in [3.8, 4) is 0 Å². The highest BCUT2D eigenvalue weighted by molar-refractivity contribution is 7.92. The Kier molecular flexibility index (Phi) is 10.2. The highest BCUT2D eigenvalue weighted by Gasteiger charge is 2.34. The minimum absolute atomic E-state index is 0.000349. The zero-order chi connectivity index (χ0) is 29.8. The van der Waals surface area contributed by atoms with Crippen molar-refractivity contribution in [2.24, 2.45) is 0 Å². The molecule has 2 amide bonds. The maximum absolute atomic E-state index is 14.0. The fraction of sp³-hybridized carbons (Fsp3) is 0.310. The molecule has 0 radical (unpaired) electrons. The third-order valence-corrected chi connectivity index (χ3v) is 8.84. The van der Waals surface area contributed by atoms with Gasteiger partial charge in [-0.2, -0.15) is 0 Å². The Balaban J connectivity index is 2.06. The number of aryl methyl sites for hydroxylation is 1. The smallest absolute Gasteiger partial charge is 0.264 e. The molecule has 1 unspecified atom stereocenters. The summed E-state index contributed by atoms with van der Waals surface area (Å²) in [6, 6.07) is 16.6. The summed E-state index contributed by atoms with van der Waals surface area (Å²) < 4.78 is 28.7. The van der Waals surface area contributed by atoms with Crippen LogP contribution in [-0.4, -0.2) is 43.3 Å².